The molecule has 2 N–H and O–H groups in total. The Morgan fingerprint density at radius 2 is 2.03 bits per heavy atom. The number of sulfonamides is 1. The van der Waals surface area contributed by atoms with Gasteiger partial charge in [-0.15, -0.1) is 12.4 Å². The second-order valence-corrected chi connectivity index (χ2v) is 10.1. The van der Waals surface area contributed by atoms with Crippen LogP contribution < -0.4 is 10.0 Å². The average Bonchev–Trinajstić information content (AvgIpc) is 3.37. The fourth-order valence-electron chi connectivity index (χ4n) is 4.67. The van der Waals surface area contributed by atoms with E-state index in [1.54, 1.807) is 0 Å². The van der Waals surface area contributed by atoms with Crippen molar-refractivity contribution in [1.29, 1.82) is 0 Å². The number of benzene rings is 1. The van der Waals surface area contributed by atoms with Crippen LogP contribution in [-0.4, -0.2) is 56.5 Å². The van der Waals surface area contributed by atoms with Gasteiger partial charge in [-0.1, -0.05) is 6.58 Å². The summed E-state index contributed by atoms with van der Waals surface area (Å²) in [5, 5.41) is 5.51. The van der Waals surface area contributed by atoms with Crippen LogP contribution in [0, 0.1) is 5.92 Å². The maximum Gasteiger partial charge on any atom is 0.253 e. The lowest BCUT2D eigenvalue weighted by Gasteiger charge is -2.22. The molecular formula is C22H31ClN4O3S. The van der Waals surface area contributed by atoms with E-state index in [-0.39, 0.29) is 24.2 Å². The molecule has 2 aromatic rings. The van der Waals surface area contributed by atoms with Crippen LogP contribution in [-0.2, 0) is 17.1 Å². The highest BCUT2D eigenvalue weighted by molar-refractivity contribution is 7.92. The van der Waals surface area contributed by atoms with Gasteiger partial charge in [-0.3, -0.25) is 4.79 Å². The first-order valence-corrected chi connectivity index (χ1v) is 12.1. The van der Waals surface area contributed by atoms with Crippen LogP contribution in [0.2, 0.25) is 0 Å². The Balaban J connectivity index is 0.00000272. The van der Waals surface area contributed by atoms with Crippen LogP contribution >= 0.6 is 12.4 Å². The first-order chi connectivity index (χ1) is 14.4. The van der Waals surface area contributed by atoms with Crippen LogP contribution in [0.4, 0.5) is 0 Å². The van der Waals surface area contributed by atoms with Crippen molar-refractivity contribution in [3.05, 3.63) is 47.5 Å². The van der Waals surface area contributed by atoms with E-state index in [9.17, 15) is 13.2 Å². The zero-order chi connectivity index (χ0) is 21.3. The minimum absolute atomic E-state index is 0. The molecular weight excluding hydrogens is 436 g/mol. The van der Waals surface area contributed by atoms with Gasteiger partial charge in [-0.25, -0.2) is 13.1 Å². The maximum atomic E-state index is 13.1. The molecule has 0 unspecified atom stereocenters. The molecule has 2 aliphatic rings. The van der Waals surface area contributed by atoms with Crippen molar-refractivity contribution in [2.75, 3.05) is 32.7 Å². The van der Waals surface area contributed by atoms with Gasteiger partial charge >= 0.3 is 0 Å². The van der Waals surface area contributed by atoms with Gasteiger partial charge in [-0.05, 0) is 68.0 Å². The number of nitrogens with one attached hydrogen (secondary N) is 2. The van der Waals surface area contributed by atoms with Gasteiger partial charge < -0.3 is 14.8 Å². The zero-order valence-electron chi connectivity index (χ0n) is 17.8. The quantitative estimate of drug-likeness (QED) is 0.685. The lowest BCUT2D eigenvalue weighted by atomic mass is 9.89. The van der Waals surface area contributed by atoms with Crippen molar-refractivity contribution < 1.29 is 13.2 Å². The number of hydrogen-bond acceptors (Lipinski definition) is 4. The molecule has 1 amide bonds. The third-order valence-corrected chi connectivity index (χ3v) is 7.42. The maximum absolute atomic E-state index is 13.1. The Kier molecular flexibility index (Phi) is 7.47. The number of hydrogen-bond donors (Lipinski definition) is 2. The summed E-state index contributed by atoms with van der Waals surface area (Å²) in [4.78, 5) is 15.0. The number of rotatable bonds is 6. The summed E-state index contributed by atoms with van der Waals surface area (Å²) in [5.74, 6) is 0.662. The number of piperidine rings is 1. The normalized spacial score (nSPS) is 20.0. The average molecular weight is 467 g/mol. The molecule has 0 bridgehead atoms. The molecule has 1 aromatic carbocycles. The highest BCUT2D eigenvalue weighted by Gasteiger charge is 2.28. The van der Waals surface area contributed by atoms with Crippen molar-refractivity contribution in [2.24, 2.45) is 13.0 Å². The summed E-state index contributed by atoms with van der Waals surface area (Å²) in [6.07, 6.45) is 5.24. The number of carbonyl (C=O) groups is 1. The fourth-order valence-corrected chi connectivity index (χ4v) is 5.26. The number of fused-ring (bicyclic) bond motifs is 1. The Hall–Kier alpha value is -1.87. The van der Waals surface area contributed by atoms with Gasteiger partial charge in [0, 0.05) is 54.8 Å². The lowest BCUT2D eigenvalue weighted by Crippen LogP contribution is -2.32. The number of nitrogens with zero attached hydrogens (tertiary/aromatic N) is 2. The number of aromatic nitrogens is 1. The third kappa shape index (κ3) is 5.14. The van der Waals surface area contributed by atoms with Gasteiger partial charge in [-0.2, -0.15) is 0 Å². The van der Waals surface area contributed by atoms with Crippen molar-refractivity contribution in [3.8, 4) is 0 Å². The van der Waals surface area contributed by atoms with Gasteiger partial charge in [0.2, 0.25) is 10.0 Å². The summed E-state index contributed by atoms with van der Waals surface area (Å²) < 4.78 is 27.8. The molecule has 4 rings (SSSR count). The van der Waals surface area contributed by atoms with Crippen LogP contribution in [0.5, 0.6) is 0 Å². The van der Waals surface area contributed by atoms with Crippen molar-refractivity contribution >= 4 is 39.2 Å². The molecule has 2 fully saturated rings. The molecule has 2 saturated heterocycles. The van der Waals surface area contributed by atoms with Gasteiger partial charge in [0.15, 0.2) is 0 Å². The summed E-state index contributed by atoms with van der Waals surface area (Å²) in [6, 6.07) is 5.99. The first kappa shape index (κ1) is 23.8. The minimum Gasteiger partial charge on any atom is -0.350 e. The van der Waals surface area contributed by atoms with E-state index in [1.165, 1.54) is 10.9 Å². The Morgan fingerprint density at radius 1 is 1.29 bits per heavy atom. The number of likely N-dealkylation sites (tertiary alicyclic amines) is 1. The van der Waals surface area contributed by atoms with E-state index in [0.717, 1.165) is 43.3 Å². The van der Waals surface area contributed by atoms with E-state index >= 15 is 0 Å². The zero-order valence-corrected chi connectivity index (χ0v) is 19.5. The topological polar surface area (TPSA) is 83.4 Å². The second kappa shape index (κ2) is 9.73. The Bertz CT molecular complexity index is 1060. The Morgan fingerprint density at radius 3 is 2.74 bits per heavy atom. The third-order valence-electron chi connectivity index (χ3n) is 6.41. The lowest BCUT2D eigenvalue weighted by molar-refractivity contribution is 0.0787. The van der Waals surface area contributed by atoms with Crippen LogP contribution in [0.1, 0.15) is 41.1 Å². The van der Waals surface area contributed by atoms with Crippen molar-refractivity contribution in [2.45, 2.75) is 25.2 Å². The summed E-state index contributed by atoms with van der Waals surface area (Å²) in [5.41, 5.74) is 3.19. The number of halogens is 1. The molecule has 0 aliphatic carbocycles. The van der Waals surface area contributed by atoms with E-state index in [2.05, 4.69) is 34.4 Å². The SMILES string of the molecule is C=CS(=O)(=O)NC[C@H]1CCN(C(=O)c2ccc3c(c2)c(C2CCNCC2)cn3C)C1.Cl. The highest BCUT2D eigenvalue weighted by atomic mass is 35.5. The number of aryl methyl sites for hydroxylation is 1. The van der Waals surface area contributed by atoms with E-state index < -0.39 is 10.0 Å². The van der Waals surface area contributed by atoms with E-state index in [4.69, 9.17) is 0 Å². The molecule has 2 aliphatic heterocycles. The number of amides is 1. The van der Waals surface area contributed by atoms with Crippen LogP contribution in [0.15, 0.2) is 36.4 Å². The van der Waals surface area contributed by atoms with Crippen LogP contribution in [0.25, 0.3) is 10.9 Å². The monoisotopic (exact) mass is 466 g/mol. The van der Waals surface area contributed by atoms with Gasteiger partial charge in [0.05, 0.1) is 0 Å². The second-order valence-electron chi connectivity index (χ2n) is 8.42. The first-order valence-electron chi connectivity index (χ1n) is 10.6. The number of carbonyl (C=O) groups excluding carboxylic acids is 1. The molecule has 0 saturated carbocycles. The predicted octanol–water partition coefficient (Wildman–Crippen LogP) is 2.59. The Labute approximate surface area is 190 Å². The van der Waals surface area contributed by atoms with Crippen LogP contribution in [0.3, 0.4) is 0 Å². The predicted molar refractivity (Wildman–Crippen MR) is 126 cm³/mol. The van der Waals surface area contributed by atoms with Gasteiger partial charge in [0.1, 0.15) is 0 Å². The highest BCUT2D eigenvalue weighted by Crippen LogP contribution is 2.33. The largest absolute Gasteiger partial charge is 0.350 e. The molecule has 0 spiro atoms. The standard InChI is InChI=1S/C22H30N4O3S.ClH/c1-3-30(28,29)24-13-16-8-11-26(14-16)22(27)18-4-5-21-19(12-18)20(15-25(21)2)17-6-9-23-10-7-17;/h3-5,12,15-17,23-24H,1,6-11,13-14H2,2H3;1H/t16-;/m1./s1. The summed E-state index contributed by atoms with van der Waals surface area (Å²) in [7, 11) is -1.37. The smallest absolute Gasteiger partial charge is 0.253 e. The molecule has 1 atom stereocenters. The fraction of sp³-hybridized carbons (Fsp3) is 0.500. The molecule has 1 aromatic heterocycles. The molecule has 7 nitrogen and oxygen atoms in total. The van der Waals surface area contributed by atoms with E-state index in [1.807, 2.05) is 23.1 Å². The molecule has 170 valence electrons. The molecule has 31 heavy (non-hydrogen) atoms. The summed E-state index contributed by atoms with van der Waals surface area (Å²) >= 11 is 0. The van der Waals surface area contributed by atoms with Gasteiger partial charge in [0.25, 0.3) is 5.91 Å². The molecule has 0 radical (unpaired) electrons. The molecule has 3 heterocycles. The van der Waals surface area contributed by atoms with Crippen molar-refractivity contribution in [3.63, 3.8) is 0 Å². The summed E-state index contributed by atoms with van der Waals surface area (Å²) in [6.45, 7) is 6.91. The molecule has 9 heteroatoms. The van der Waals surface area contributed by atoms with Crippen molar-refractivity contribution in [1.82, 2.24) is 19.5 Å². The van der Waals surface area contributed by atoms with E-state index in [0.29, 0.717) is 31.1 Å². The minimum atomic E-state index is -3.43.